The zero-order chi connectivity index (χ0) is 20.4. The summed E-state index contributed by atoms with van der Waals surface area (Å²) in [4.78, 5) is 34.2. The first-order valence-corrected chi connectivity index (χ1v) is 9.57. The van der Waals surface area contributed by atoms with Crippen LogP contribution < -0.4 is 10.9 Å². The van der Waals surface area contributed by atoms with Crippen molar-refractivity contribution in [3.63, 3.8) is 0 Å². The summed E-state index contributed by atoms with van der Waals surface area (Å²) in [5.41, 5.74) is 3.53. The Labute approximate surface area is 167 Å². The molecule has 0 aliphatic heterocycles. The number of H-pyrrole nitrogens is 1. The third-order valence-electron chi connectivity index (χ3n) is 5.65. The monoisotopic (exact) mass is 390 g/mol. The molecule has 7 nitrogen and oxygen atoms in total. The highest BCUT2D eigenvalue weighted by atomic mass is 16.4. The van der Waals surface area contributed by atoms with Gasteiger partial charge in [-0.1, -0.05) is 12.5 Å². The summed E-state index contributed by atoms with van der Waals surface area (Å²) in [6.07, 6.45) is 8.47. The molecule has 0 bridgehead atoms. The summed E-state index contributed by atoms with van der Waals surface area (Å²) < 4.78 is 0. The molecular formula is C22H22N4O3. The maximum atomic E-state index is 11.6. The molecule has 3 heterocycles. The van der Waals surface area contributed by atoms with Gasteiger partial charge in [0.2, 0.25) is 0 Å². The predicted molar refractivity (Wildman–Crippen MR) is 110 cm³/mol. The van der Waals surface area contributed by atoms with Gasteiger partial charge in [-0.2, -0.15) is 0 Å². The molecule has 1 saturated carbocycles. The molecule has 0 atom stereocenters. The molecule has 4 rings (SSSR count). The Morgan fingerprint density at radius 2 is 2.10 bits per heavy atom. The second kappa shape index (κ2) is 7.50. The predicted octanol–water partition coefficient (Wildman–Crippen LogP) is 3.37. The van der Waals surface area contributed by atoms with E-state index >= 15 is 0 Å². The van der Waals surface area contributed by atoms with Gasteiger partial charge in [-0.25, -0.2) is 4.79 Å². The maximum Gasteiger partial charge on any atom is 0.341 e. The Morgan fingerprint density at radius 3 is 2.72 bits per heavy atom. The quantitative estimate of drug-likeness (QED) is 0.596. The van der Waals surface area contributed by atoms with E-state index in [2.05, 4.69) is 33.3 Å². The fraction of sp³-hybridized carbons (Fsp3) is 0.273. The number of carbonyl (C=O) groups is 1. The van der Waals surface area contributed by atoms with E-state index in [-0.39, 0.29) is 11.0 Å². The van der Waals surface area contributed by atoms with Crippen molar-refractivity contribution in [1.29, 1.82) is 0 Å². The van der Waals surface area contributed by atoms with Gasteiger partial charge in [-0.15, -0.1) is 0 Å². The van der Waals surface area contributed by atoms with Crippen molar-refractivity contribution in [1.82, 2.24) is 15.0 Å². The summed E-state index contributed by atoms with van der Waals surface area (Å²) >= 11 is 0. The van der Waals surface area contributed by atoms with Crippen molar-refractivity contribution in [2.75, 3.05) is 11.9 Å². The molecule has 148 valence electrons. The van der Waals surface area contributed by atoms with Gasteiger partial charge in [-0.05, 0) is 49.6 Å². The minimum absolute atomic E-state index is 0.0549. The molecule has 0 unspecified atom stereocenters. The van der Waals surface area contributed by atoms with Gasteiger partial charge in [0.05, 0.1) is 23.3 Å². The number of anilines is 1. The molecule has 3 N–H and O–H groups in total. The molecule has 1 aliphatic carbocycles. The molecule has 1 fully saturated rings. The van der Waals surface area contributed by atoms with E-state index in [0.29, 0.717) is 11.3 Å². The zero-order valence-corrected chi connectivity index (χ0v) is 16.1. The summed E-state index contributed by atoms with van der Waals surface area (Å²) in [7, 11) is 0. The Hall–Kier alpha value is -3.48. The SMILES string of the molecule is Cc1cccnc1C1(CNc2ccc(-c3c[nH]c(=O)c(C(=O)O)c3)nc2)CCC1. The Morgan fingerprint density at radius 1 is 1.28 bits per heavy atom. The van der Waals surface area contributed by atoms with Gasteiger partial charge in [0.1, 0.15) is 5.56 Å². The molecule has 3 aromatic rings. The number of nitrogens with zero attached hydrogens (tertiary/aromatic N) is 2. The van der Waals surface area contributed by atoms with Gasteiger partial charge >= 0.3 is 5.97 Å². The zero-order valence-electron chi connectivity index (χ0n) is 16.1. The van der Waals surface area contributed by atoms with Crippen LogP contribution in [0.1, 0.15) is 40.9 Å². The van der Waals surface area contributed by atoms with E-state index in [0.717, 1.165) is 30.8 Å². The Kier molecular flexibility index (Phi) is 4.88. The van der Waals surface area contributed by atoms with E-state index in [1.54, 1.807) is 12.3 Å². The van der Waals surface area contributed by atoms with Crippen molar-refractivity contribution in [3.05, 3.63) is 76.1 Å². The van der Waals surface area contributed by atoms with Crippen LogP contribution >= 0.6 is 0 Å². The smallest absolute Gasteiger partial charge is 0.341 e. The number of aromatic amines is 1. The number of carboxylic acids is 1. The lowest BCUT2D eigenvalue weighted by Gasteiger charge is -2.42. The Balaban J connectivity index is 1.51. The van der Waals surface area contributed by atoms with Gasteiger partial charge in [0.25, 0.3) is 5.56 Å². The second-order valence-corrected chi connectivity index (χ2v) is 7.52. The van der Waals surface area contributed by atoms with E-state index in [9.17, 15) is 9.59 Å². The maximum absolute atomic E-state index is 11.6. The highest BCUT2D eigenvalue weighted by molar-refractivity contribution is 5.88. The highest BCUT2D eigenvalue weighted by Gasteiger charge is 2.40. The fourth-order valence-corrected chi connectivity index (χ4v) is 3.87. The number of nitrogens with one attached hydrogen (secondary N) is 2. The van der Waals surface area contributed by atoms with Crippen LogP contribution in [-0.2, 0) is 5.41 Å². The second-order valence-electron chi connectivity index (χ2n) is 7.52. The lowest BCUT2D eigenvalue weighted by atomic mass is 9.65. The van der Waals surface area contributed by atoms with E-state index < -0.39 is 11.5 Å². The van der Waals surface area contributed by atoms with Crippen molar-refractivity contribution in [2.45, 2.75) is 31.6 Å². The molecule has 0 radical (unpaired) electrons. The lowest BCUT2D eigenvalue weighted by Crippen LogP contribution is -2.42. The summed E-state index contributed by atoms with van der Waals surface area (Å²) in [5.74, 6) is -1.26. The van der Waals surface area contributed by atoms with Gasteiger partial charge in [-0.3, -0.25) is 14.8 Å². The molecule has 29 heavy (non-hydrogen) atoms. The number of pyridine rings is 3. The first-order valence-electron chi connectivity index (χ1n) is 9.57. The lowest BCUT2D eigenvalue weighted by molar-refractivity contribution is 0.0695. The van der Waals surface area contributed by atoms with Gasteiger partial charge < -0.3 is 15.4 Å². The molecule has 0 spiro atoms. The third kappa shape index (κ3) is 3.63. The van der Waals surface area contributed by atoms with E-state index in [4.69, 9.17) is 5.11 Å². The van der Waals surface area contributed by atoms with Crippen molar-refractivity contribution >= 4 is 11.7 Å². The molecule has 0 aromatic carbocycles. The largest absolute Gasteiger partial charge is 0.477 e. The molecule has 3 aromatic heterocycles. The average Bonchev–Trinajstić information content (AvgIpc) is 2.69. The van der Waals surface area contributed by atoms with Gasteiger partial charge in [0.15, 0.2) is 0 Å². The van der Waals surface area contributed by atoms with Crippen molar-refractivity contribution in [3.8, 4) is 11.3 Å². The Bertz CT molecular complexity index is 1100. The highest BCUT2D eigenvalue weighted by Crippen LogP contribution is 2.44. The van der Waals surface area contributed by atoms with Crippen molar-refractivity contribution in [2.24, 2.45) is 0 Å². The minimum Gasteiger partial charge on any atom is -0.477 e. The van der Waals surface area contributed by atoms with Crippen LogP contribution in [-0.4, -0.2) is 32.6 Å². The number of carboxylic acid groups (broad SMARTS) is 1. The number of aryl methyl sites for hydroxylation is 1. The van der Waals surface area contributed by atoms with E-state index in [1.807, 2.05) is 18.3 Å². The van der Waals surface area contributed by atoms with Crippen molar-refractivity contribution < 1.29 is 9.90 Å². The number of rotatable bonds is 6. The number of aromatic nitrogens is 3. The van der Waals surface area contributed by atoms with Crippen LogP contribution in [0.15, 0.2) is 53.7 Å². The number of hydrogen-bond acceptors (Lipinski definition) is 5. The van der Waals surface area contributed by atoms with Crippen LogP contribution in [0.2, 0.25) is 0 Å². The van der Waals surface area contributed by atoms with Gasteiger partial charge in [0, 0.05) is 29.9 Å². The van der Waals surface area contributed by atoms with E-state index in [1.165, 1.54) is 24.2 Å². The molecule has 0 saturated heterocycles. The summed E-state index contributed by atoms with van der Waals surface area (Å²) in [6, 6.07) is 9.12. The topological polar surface area (TPSA) is 108 Å². The summed E-state index contributed by atoms with van der Waals surface area (Å²) in [6.45, 7) is 2.89. The van der Waals surface area contributed by atoms with Crippen LogP contribution in [0.4, 0.5) is 5.69 Å². The van der Waals surface area contributed by atoms with Crippen LogP contribution in [0.3, 0.4) is 0 Å². The van der Waals surface area contributed by atoms with Crippen LogP contribution in [0.25, 0.3) is 11.3 Å². The summed E-state index contributed by atoms with van der Waals surface area (Å²) in [5, 5.41) is 12.6. The molecule has 7 heteroatoms. The first kappa shape index (κ1) is 18.9. The fourth-order valence-electron chi connectivity index (χ4n) is 3.87. The molecule has 1 aliphatic rings. The third-order valence-corrected chi connectivity index (χ3v) is 5.65. The standard InChI is InChI=1S/C22H22N4O3/c1-14-4-2-9-23-19(14)22(7-3-8-22)13-26-16-5-6-18(24-12-16)15-10-17(21(28)29)20(27)25-11-15/h2,4-6,9-12,26H,3,7-8,13H2,1H3,(H,25,27)(H,28,29). The number of aromatic carboxylic acids is 1. The first-order chi connectivity index (χ1) is 14.0. The number of hydrogen-bond donors (Lipinski definition) is 3. The average molecular weight is 390 g/mol. The van der Waals surface area contributed by atoms with Crippen LogP contribution in [0, 0.1) is 6.92 Å². The van der Waals surface area contributed by atoms with Crippen LogP contribution in [0.5, 0.6) is 0 Å². The minimum atomic E-state index is -1.26. The molecular weight excluding hydrogens is 368 g/mol. The normalized spacial score (nSPS) is 14.8. The molecule has 0 amide bonds.